The molecule has 0 aromatic carbocycles. The van der Waals surface area contributed by atoms with Gasteiger partial charge in [-0.15, -0.1) is 0 Å². The van der Waals surface area contributed by atoms with Crippen LogP contribution in [0, 0.1) is 11.8 Å². The third-order valence-electron chi connectivity index (χ3n) is 5.78. The Balaban J connectivity index is 1.24. The standard InChI is InChI=1S/C18H19N3O4/c22-16-12-3-1-2-4-13(12)17(23)21(16)11-8-20(9-11)18(24)14-7-15(25-19-14)10-5-6-10/h1-2,7,10-13H,3-6,8-9H2. The van der Waals surface area contributed by atoms with E-state index in [1.54, 1.807) is 11.0 Å². The molecule has 2 atom stereocenters. The molecule has 5 rings (SSSR count). The molecule has 0 bridgehead atoms. The van der Waals surface area contributed by atoms with Gasteiger partial charge < -0.3 is 9.42 Å². The number of carbonyl (C=O) groups is 3. The summed E-state index contributed by atoms with van der Waals surface area (Å²) in [7, 11) is 0. The van der Waals surface area contributed by atoms with Crippen molar-refractivity contribution in [3.05, 3.63) is 29.7 Å². The molecule has 2 aliphatic heterocycles. The summed E-state index contributed by atoms with van der Waals surface area (Å²) >= 11 is 0. The predicted octanol–water partition coefficient (Wildman–Crippen LogP) is 1.33. The molecule has 7 heteroatoms. The van der Waals surface area contributed by atoms with Gasteiger partial charge in [0.25, 0.3) is 5.91 Å². The minimum Gasteiger partial charge on any atom is -0.360 e. The molecule has 3 fully saturated rings. The van der Waals surface area contributed by atoms with Gasteiger partial charge in [-0.1, -0.05) is 17.3 Å². The van der Waals surface area contributed by atoms with E-state index < -0.39 is 0 Å². The molecule has 7 nitrogen and oxygen atoms in total. The van der Waals surface area contributed by atoms with Gasteiger partial charge in [-0.05, 0) is 25.7 Å². The molecular weight excluding hydrogens is 322 g/mol. The molecule has 3 heterocycles. The molecule has 130 valence electrons. The fourth-order valence-corrected chi connectivity index (χ4v) is 4.08. The summed E-state index contributed by atoms with van der Waals surface area (Å²) in [5, 5.41) is 3.87. The maximum Gasteiger partial charge on any atom is 0.276 e. The third kappa shape index (κ3) is 2.25. The zero-order valence-corrected chi connectivity index (χ0v) is 13.8. The average molecular weight is 341 g/mol. The van der Waals surface area contributed by atoms with E-state index in [4.69, 9.17) is 4.52 Å². The van der Waals surface area contributed by atoms with Gasteiger partial charge in [0.1, 0.15) is 5.76 Å². The van der Waals surface area contributed by atoms with E-state index in [9.17, 15) is 14.4 Å². The number of allylic oxidation sites excluding steroid dienone is 2. The molecule has 0 spiro atoms. The second-order valence-electron chi connectivity index (χ2n) is 7.46. The first-order valence-corrected chi connectivity index (χ1v) is 8.91. The number of imide groups is 1. The van der Waals surface area contributed by atoms with Crippen LogP contribution in [0.15, 0.2) is 22.7 Å². The van der Waals surface area contributed by atoms with Crippen molar-refractivity contribution >= 4 is 17.7 Å². The van der Waals surface area contributed by atoms with Gasteiger partial charge in [0.05, 0.1) is 17.9 Å². The van der Waals surface area contributed by atoms with Crippen molar-refractivity contribution in [1.29, 1.82) is 0 Å². The lowest BCUT2D eigenvalue weighted by Crippen LogP contribution is -2.62. The number of hydrogen-bond acceptors (Lipinski definition) is 5. The minimum atomic E-state index is -0.209. The van der Waals surface area contributed by atoms with Gasteiger partial charge in [0.15, 0.2) is 5.69 Å². The number of aromatic nitrogens is 1. The molecule has 2 unspecified atom stereocenters. The maximum atomic E-state index is 12.6. The highest BCUT2D eigenvalue weighted by atomic mass is 16.5. The van der Waals surface area contributed by atoms with Crippen LogP contribution in [-0.2, 0) is 9.59 Å². The van der Waals surface area contributed by atoms with Crippen molar-refractivity contribution in [2.75, 3.05) is 13.1 Å². The van der Waals surface area contributed by atoms with Crippen LogP contribution in [0.4, 0.5) is 0 Å². The normalized spacial score (nSPS) is 29.1. The van der Waals surface area contributed by atoms with Crippen molar-refractivity contribution in [3.63, 3.8) is 0 Å². The van der Waals surface area contributed by atoms with Gasteiger partial charge in [-0.2, -0.15) is 0 Å². The van der Waals surface area contributed by atoms with Crippen LogP contribution in [-0.4, -0.2) is 51.8 Å². The second kappa shape index (κ2) is 5.28. The summed E-state index contributed by atoms with van der Waals surface area (Å²) in [5.74, 6) is 0.433. The number of rotatable bonds is 3. The van der Waals surface area contributed by atoms with E-state index in [-0.39, 0.29) is 35.6 Å². The van der Waals surface area contributed by atoms with Crippen LogP contribution in [0.2, 0.25) is 0 Å². The van der Waals surface area contributed by atoms with Gasteiger partial charge in [0.2, 0.25) is 11.8 Å². The van der Waals surface area contributed by atoms with Crippen molar-refractivity contribution < 1.29 is 18.9 Å². The number of carbonyl (C=O) groups excluding carboxylic acids is 3. The maximum absolute atomic E-state index is 12.6. The van der Waals surface area contributed by atoms with Crippen molar-refractivity contribution in [3.8, 4) is 0 Å². The summed E-state index contributed by atoms with van der Waals surface area (Å²) in [4.78, 5) is 40.6. The molecule has 1 aromatic rings. The largest absolute Gasteiger partial charge is 0.360 e. The molecule has 1 saturated carbocycles. The van der Waals surface area contributed by atoms with Crippen LogP contribution >= 0.6 is 0 Å². The van der Waals surface area contributed by atoms with E-state index in [1.165, 1.54) is 4.90 Å². The SMILES string of the molecule is O=C(c1cc(C2CC2)on1)N1CC(N2C(=O)C3CC=CCC3C2=O)C1. The van der Waals surface area contributed by atoms with Crippen LogP contribution in [0.25, 0.3) is 0 Å². The lowest BCUT2D eigenvalue weighted by atomic mass is 9.85. The van der Waals surface area contributed by atoms with Gasteiger partial charge >= 0.3 is 0 Å². The van der Waals surface area contributed by atoms with E-state index in [0.717, 1.165) is 18.6 Å². The number of amides is 3. The Bertz CT molecular complexity index is 762. The van der Waals surface area contributed by atoms with Gasteiger partial charge in [-0.25, -0.2) is 0 Å². The molecule has 1 aromatic heterocycles. The Hall–Kier alpha value is -2.44. The lowest BCUT2D eigenvalue weighted by Gasteiger charge is -2.42. The zero-order chi connectivity index (χ0) is 17.1. The van der Waals surface area contributed by atoms with Crippen LogP contribution < -0.4 is 0 Å². The highest BCUT2D eigenvalue weighted by Gasteiger charge is 2.52. The third-order valence-corrected chi connectivity index (χ3v) is 5.78. The highest BCUT2D eigenvalue weighted by molar-refractivity contribution is 6.06. The second-order valence-corrected chi connectivity index (χ2v) is 7.46. The number of likely N-dealkylation sites (tertiary alicyclic amines) is 2. The molecule has 2 aliphatic carbocycles. The van der Waals surface area contributed by atoms with Crippen LogP contribution in [0.3, 0.4) is 0 Å². The first-order valence-electron chi connectivity index (χ1n) is 8.91. The Morgan fingerprint density at radius 3 is 2.32 bits per heavy atom. The van der Waals surface area contributed by atoms with Gasteiger partial charge in [0, 0.05) is 25.1 Å². The molecule has 4 aliphatic rings. The average Bonchev–Trinajstić information content (AvgIpc) is 3.27. The molecule has 25 heavy (non-hydrogen) atoms. The Kier molecular flexibility index (Phi) is 3.14. The first kappa shape index (κ1) is 14.9. The molecule has 0 N–H and O–H groups in total. The number of hydrogen-bond donors (Lipinski definition) is 0. The molecule has 3 amide bonds. The summed E-state index contributed by atoms with van der Waals surface area (Å²) < 4.78 is 5.23. The lowest BCUT2D eigenvalue weighted by molar-refractivity contribution is -0.145. The van der Waals surface area contributed by atoms with Crippen molar-refractivity contribution in [2.45, 2.75) is 37.6 Å². The van der Waals surface area contributed by atoms with Crippen LogP contribution in [0.5, 0.6) is 0 Å². The Labute approximate surface area is 144 Å². The molecular formula is C18H19N3O4. The van der Waals surface area contributed by atoms with Crippen LogP contribution in [0.1, 0.15) is 47.8 Å². The number of nitrogens with zero attached hydrogens (tertiary/aromatic N) is 3. The predicted molar refractivity (Wildman–Crippen MR) is 85.4 cm³/mol. The van der Waals surface area contributed by atoms with Crippen molar-refractivity contribution in [1.82, 2.24) is 15.0 Å². The first-order chi connectivity index (χ1) is 12.1. The van der Waals surface area contributed by atoms with E-state index in [0.29, 0.717) is 37.5 Å². The van der Waals surface area contributed by atoms with E-state index in [1.807, 2.05) is 12.2 Å². The summed E-state index contributed by atoms with van der Waals surface area (Å²) in [6.45, 7) is 0.767. The smallest absolute Gasteiger partial charge is 0.276 e. The topological polar surface area (TPSA) is 83.7 Å². The van der Waals surface area contributed by atoms with Crippen molar-refractivity contribution in [2.24, 2.45) is 11.8 Å². The fraction of sp³-hybridized carbons (Fsp3) is 0.556. The zero-order valence-electron chi connectivity index (χ0n) is 13.8. The monoisotopic (exact) mass is 341 g/mol. The minimum absolute atomic E-state index is 0.0751. The summed E-state index contributed by atoms with van der Waals surface area (Å²) in [6.07, 6.45) is 7.42. The Morgan fingerprint density at radius 2 is 1.72 bits per heavy atom. The quantitative estimate of drug-likeness (QED) is 0.612. The van der Waals surface area contributed by atoms with Gasteiger partial charge in [-0.3, -0.25) is 19.3 Å². The summed E-state index contributed by atoms with van der Waals surface area (Å²) in [5.41, 5.74) is 0.317. The molecule has 2 saturated heterocycles. The number of fused-ring (bicyclic) bond motifs is 1. The van der Waals surface area contributed by atoms with E-state index >= 15 is 0 Å². The Morgan fingerprint density at radius 1 is 1.08 bits per heavy atom. The highest BCUT2D eigenvalue weighted by Crippen LogP contribution is 2.40. The molecule has 0 radical (unpaired) electrons. The van der Waals surface area contributed by atoms with E-state index in [2.05, 4.69) is 5.16 Å². The summed E-state index contributed by atoms with van der Waals surface area (Å²) in [6, 6.07) is 1.52. The fourth-order valence-electron chi connectivity index (χ4n) is 4.08.